The Morgan fingerprint density at radius 3 is 2.56 bits per heavy atom. The summed E-state index contributed by atoms with van der Waals surface area (Å²) in [4.78, 5) is 0. The summed E-state index contributed by atoms with van der Waals surface area (Å²) >= 11 is 0. The largest absolute Gasteiger partial charge is 0.343 e. The molecule has 4 heterocycles. The number of hydrogen-bond acceptors (Lipinski definition) is 3. The molecule has 5 aliphatic rings. The number of rotatable bonds is 5. The van der Waals surface area contributed by atoms with Gasteiger partial charge in [0.05, 0.1) is 11.7 Å². The van der Waals surface area contributed by atoms with E-state index in [0.29, 0.717) is 11.8 Å². The predicted molar refractivity (Wildman–Crippen MR) is 95.9 cm³/mol. The predicted octanol–water partition coefficient (Wildman–Crippen LogP) is 5.14. The van der Waals surface area contributed by atoms with Crippen LogP contribution in [0.5, 0.6) is 0 Å². The van der Waals surface area contributed by atoms with Gasteiger partial charge in [-0.2, -0.15) is 0 Å². The van der Waals surface area contributed by atoms with Crippen LogP contribution in [0.2, 0.25) is 0 Å². The molecule has 5 fully saturated rings. The van der Waals surface area contributed by atoms with Crippen molar-refractivity contribution in [3.8, 4) is 0 Å². The lowest BCUT2D eigenvalue weighted by Crippen LogP contribution is -2.79. The third kappa shape index (κ3) is 2.15. The molecule has 3 nitrogen and oxygen atoms in total. The third-order valence-electron chi connectivity index (χ3n) is 7.23. The Balaban J connectivity index is 1.56. The van der Waals surface area contributed by atoms with Crippen LogP contribution in [0.3, 0.4) is 0 Å². The molecule has 0 N–H and O–H groups in total. The molecule has 1 aromatic rings. The fourth-order valence-corrected chi connectivity index (χ4v) is 6.07. The van der Waals surface area contributed by atoms with Crippen LogP contribution >= 0.6 is 0 Å². The number of hydrogen-bond donors (Lipinski definition) is 0. The van der Waals surface area contributed by atoms with Crippen LogP contribution in [0.1, 0.15) is 70.8 Å². The van der Waals surface area contributed by atoms with Crippen molar-refractivity contribution >= 4 is 0 Å². The molecule has 1 saturated carbocycles. The molecule has 4 bridgehead atoms. The summed E-state index contributed by atoms with van der Waals surface area (Å²) in [5.41, 5.74) is 1.16. The minimum absolute atomic E-state index is 0.0176. The van der Waals surface area contributed by atoms with E-state index in [4.69, 9.17) is 14.2 Å². The summed E-state index contributed by atoms with van der Waals surface area (Å²) in [6.07, 6.45) is 9.69. The highest BCUT2D eigenvalue weighted by Gasteiger charge is 2.75. The summed E-state index contributed by atoms with van der Waals surface area (Å²) in [7, 11) is 0. The SMILES string of the molecule is CCCCC[C@@H]1O[C@@]2(c3ccccc3)O[C@@]3(C)CC[C@H]2[C@@]2(CC[C@H]12)O3. The molecule has 1 aromatic carbocycles. The average Bonchev–Trinajstić information content (AvgIpc) is 2.60. The lowest BCUT2D eigenvalue weighted by Gasteiger charge is -2.73. The standard InChI is InChI=1S/C22H30O3/c1-3-4-6-11-18-17-12-15-21(17)19-13-14-20(2,24-21)25-22(19,23-18)16-9-7-5-8-10-16/h5,7-10,17-19H,3-4,6,11-15H2,1-2H3/t17-,18+,19+,20+,21+,22+/m1/s1. The van der Waals surface area contributed by atoms with Crippen LogP contribution in [0.25, 0.3) is 0 Å². The van der Waals surface area contributed by atoms with Gasteiger partial charge in [-0.3, -0.25) is 0 Å². The van der Waals surface area contributed by atoms with Crippen LogP contribution in [0.15, 0.2) is 30.3 Å². The minimum atomic E-state index is -0.611. The summed E-state index contributed by atoms with van der Waals surface area (Å²) in [6.45, 7) is 4.39. The third-order valence-corrected chi connectivity index (χ3v) is 7.23. The highest BCUT2D eigenvalue weighted by molar-refractivity contribution is 5.29. The van der Waals surface area contributed by atoms with Gasteiger partial charge < -0.3 is 14.2 Å². The van der Waals surface area contributed by atoms with Gasteiger partial charge in [0.15, 0.2) is 5.79 Å². The zero-order chi connectivity index (χ0) is 17.1. The summed E-state index contributed by atoms with van der Waals surface area (Å²) in [5.74, 6) is -0.238. The Hall–Kier alpha value is -0.900. The van der Waals surface area contributed by atoms with Crippen LogP contribution in [0.4, 0.5) is 0 Å². The van der Waals surface area contributed by atoms with Crippen molar-refractivity contribution in [2.24, 2.45) is 11.8 Å². The lowest BCUT2D eigenvalue weighted by atomic mass is 9.52. The maximum atomic E-state index is 6.90. The summed E-state index contributed by atoms with van der Waals surface area (Å²) < 4.78 is 20.3. The van der Waals surface area contributed by atoms with Crippen LogP contribution < -0.4 is 0 Å². The van der Waals surface area contributed by atoms with Crippen LogP contribution in [0, 0.1) is 11.8 Å². The first kappa shape index (κ1) is 16.3. The molecule has 136 valence electrons. The first-order chi connectivity index (χ1) is 12.1. The van der Waals surface area contributed by atoms with E-state index in [-0.39, 0.29) is 11.7 Å². The lowest BCUT2D eigenvalue weighted by molar-refractivity contribution is -0.541. The van der Waals surface area contributed by atoms with E-state index in [2.05, 4.69) is 44.2 Å². The quantitative estimate of drug-likeness (QED) is 0.693. The Morgan fingerprint density at radius 1 is 1.04 bits per heavy atom. The molecule has 0 unspecified atom stereocenters. The average molecular weight is 342 g/mol. The number of unbranched alkanes of at least 4 members (excludes halogenated alkanes) is 2. The van der Waals surface area contributed by atoms with Crippen LogP contribution in [-0.2, 0) is 20.0 Å². The Labute approximate surface area is 151 Å². The molecule has 3 heteroatoms. The molecule has 4 aliphatic heterocycles. The van der Waals surface area contributed by atoms with Crippen molar-refractivity contribution in [3.63, 3.8) is 0 Å². The number of benzene rings is 1. The second-order valence-corrected chi connectivity index (χ2v) is 8.71. The van der Waals surface area contributed by atoms with E-state index in [1.807, 2.05) is 0 Å². The molecule has 0 aromatic heterocycles. The highest BCUT2D eigenvalue weighted by Crippen LogP contribution is 2.69. The van der Waals surface area contributed by atoms with Crippen molar-refractivity contribution in [1.29, 1.82) is 0 Å². The minimum Gasteiger partial charge on any atom is -0.343 e. The molecule has 0 amide bonds. The van der Waals surface area contributed by atoms with Crippen molar-refractivity contribution in [1.82, 2.24) is 0 Å². The van der Waals surface area contributed by atoms with Gasteiger partial charge in [0.1, 0.15) is 0 Å². The van der Waals surface area contributed by atoms with Crippen LogP contribution in [-0.4, -0.2) is 17.5 Å². The van der Waals surface area contributed by atoms with Gasteiger partial charge >= 0.3 is 0 Å². The van der Waals surface area contributed by atoms with E-state index >= 15 is 0 Å². The normalized spacial score (nSPS) is 47.2. The molecule has 0 radical (unpaired) electrons. The maximum absolute atomic E-state index is 6.90. The van der Waals surface area contributed by atoms with E-state index in [1.165, 1.54) is 37.7 Å². The monoisotopic (exact) mass is 342 g/mol. The van der Waals surface area contributed by atoms with Gasteiger partial charge in [-0.05, 0) is 32.6 Å². The second-order valence-electron chi connectivity index (χ2n) is 8.71. The summed E-state index contributed by atoms with van der Waals surface area (Å²) in [6, 6.07) is 10.6. The van der Waals surface area contributed by atoms with E-state index in [1.54, 1.807) is 0 Å². The maximum Gasteiger partial charge on any atom is 0.203 e. The van der Waals surface area contributed by atoms with Crippen molar-refractivity contribution in [2.45, 2.75) is 88.5 Å². The first-order valence-electron chi connectivity index (χ1n) is 10.3. The highest BCUT2D eigenvalue weighted by atomic mass is 16.8. The first-order valence-corrected chi connectivity index (χ1v) is 10.3. The van der Waals surface area contributed by atoms with Crippen molar-refractivity contribution < 1.29 is 14.2 Å². The van der Waals surface area contributed by atoms with Gasteiger partial charge in [0.25, 0.3) is 0 Å². The van der Waals surface area contributed by atoms with Gasteiger partial charge in [-0.1, -0.05) is 56.5 Å². The fraction of sp³-hybridized carbons (Fsp3) is 0.727. The molecular formula is C22H30O3. The molecule has 6 rings (SSSR count). The zero-order valence-corrected chi connectivity index (χ0v) is 15.5. The van der Waals surface area contributed by atoms with Gasteiger partial charge in [-0.15, -0.1) is 0 Å². The van der Waals surface area contributed by atoms with E-state index in [0.717, 1.165) is 19.3 Å². The Morgan fingerprint density at radius 2 is 1.88 bits per heavy atom. The fourth-order valence-electron chi connectivity index (χ4n) is 6.07. The van der Waals surface area contributed by atoms with Crippen molar-refractivity contribution in [2.75, 3.05) is 0 Å². The Bertz CT molecular complexity index is 646. The van der Waals surface area contributed by atoms with E-state index < -0.39 is 11.6 Å². The molecule has 6 atom stereocenters. The zero-order valence-electron chi connectivity index (χ0n) is 15.5. The smallest absolute Gasteiger partial charge is 0.203 e. The Kier molecular flexibility index (Phi) is 3.61. The van der Waals surface area contributed by atoms with Gasteiger partial charge in [-0.25, -0.2) is 0 Å². The van der Waals surface area contributed by atoms with Crippen molar-refractivity contribution in [3.05, 3.63) is 35.9 Å². The van der Waals surface area contributed by atoms with Gasteiger partial charge in [0, 0.05) is 23.8 Å². The number of ether oxygens (including phenoxy) is 3. The second kappa shape index (κ2) is 5.55. The van der Waals surface area contributed by atoms with Gasteiger partial charge in [0.2, 0.25) is 5.79 Å². The molecule has 4 saturated heterocycles. The topological polar surface area (TPSA) is 27.7 Å². The summed E-state index contributed by atoms with van der Waals surface area (Å²) in [5, 5.41) is 0. The number of fused-ring (bicyclic) bond motifs is 1. The molecular weight excluding hydrogens is 312 g/mol. The molecule has 25 heavy (non-hydrogen) atoms. The van der Waals surface area contributed by atoms with E-state index in [9.17, 15) is 0 Å². The molecule has 1 aliphatic carbocycles. The molecule has 1 spiro atoms.